The Kier molecular flexibility index (Phi) is 5.46. The lowest BCUT2D eigenvalue weighted by Gasteiger charge is -2.03. The molecule has 0 bridgehead atoms. The zero-order chi connectivity index (χ0) is 18.4. The molecule has 26 heavy (non-hydrogen) atoms. The number of rotatable bonds is 6. The minimum atomic E-state index is 0.222. The molecule has 1 heterocycles. The van der Waals surface area contributed by atoms with Crippen molar-refractivity contribution in [1.82, 2.24) is 4.98 Å². The van der Waals surface area contributed by atoms with Gasteiger partial charge in [0.15, 0.2) is 10.7 Å². The van der Waals surface area contributed by atoms with Gasteiger partial charge in [0.25, 0.3) is 0 Å². The third-order valence-corrected chi connectivity index (χ3v) is 4.41. The SMILES string of the molecule is COc1ccc(NN=C(C#N)c2nc(-c3cccc(OC)c3)cs2)cc1. The van der Waals surface area contributed by atoms with Gasteiger partial charge < -0.3 is 9.47 Å². The minimum Gasteiger partial charge on any atom is -0.497 e. The maximum Gasteiger partial charge on any atom is 0.196 e. The number of nitrogens with zero attached hydrogens (tertiary/aromatic N) is 3. The van der Waals surface area contributed by atoms with Crippen LogP contribution in [0.5, 0.6) is 11.5 Å². The number of nitrogens with one attached hydrogen (secondary N) is 1. The van der Waals surface area contributed by atoms with Crippen LogP contribution in [0.2, 0.25) is 0 Å². The molecule has 3 rings (SSSR count). The lowest BCUT2D eigenvalue weighted by Crippen LogP contribution is -2.01. The van der Waals surface area contributed by atoms with Crippen LogP contribution in [0.4, 0.5) is 5.69 Å². The summed E-state index contributed by atoms with van der Waals surface area (Å²) >= 11 is 1.37. The molecule has 0 atom stereocenters. The van der Waals surface area contributed by atoms with E-state index in [2.05, 4.69) is 21.6 Å². The summed E-state index contributed by atoms with van der Waals surface area (Å²) in [6.45, 7) is 0. The molecule has 0 unspecified atom stereocenters. The largest absolute Gasteiger partial charge is 0.497 e. The third kappa shape index (κ3) is 3.99. The predicted molar refractivity (Wildman–Crippen MR) is 103 cm³/mol. The van der Waals surface area contributed by atoms with Gasteiger partial charge in [-0.1, -0.05) is 12.1 Å². The molecule has 0 fully saturated rings. The molecule has 3 aromatic rings. The predicted octanol–water partition coefficient (Wildman–Crippen LogP) is 4.17. The number of thiazole rings is 1. The summed E-state index contributed by atoms with van der Waals surface area (Å²) in [6, 6.07) is 17.0. The molecule has 2 aromatic carbocycles. The van der Waals surface area contributed by atoms with E-state index in [1.807, 2.05) is 53.9 Å². The quantitative estimate of drug-likeness (QED) is 0.525. The van der Waals surface area contributed by atoms with Gasteiger partial charge >= 0.3 is 0 Å². The van der Waals surface area contributed by atoms with Crippen LogP contribution in [0.3, 0.4) is 0 Å². The van der Waals surface area contributed by atoms with Crippen molar-refractivity contribution in [1.29, 1.82) is 5.26 Å². The van der Waals surface area contributed by atoms with Crippen LogP contribution in [-0.4, -0.2) is 24.9 Å². The highest BCUT2D eigenvalue weighted by Gasteiger charge is 2.11. The van der Waals surface area contributed by atoms with E-state index in [9.17, 15) is 5.26 Å². The molecule has 0 saturated heterocycles. The van der Waals surface area contributed by atoms with Crippen molar-refractivity contribution in [2.45, 2.75) is 0 Å². The van der Waals surface area contributed by atoms with Gasteiger partial charge in [0.2, 0.25) is 0 Å². The Balaban J connectivity index is 1.80. The van der Waals surface area contributed by atoms with Gasteiger partial charge in [0.1, 0.15) is 17.6 Å². The first-order chi connectivity index (χ1) is 12.7. The summed E-state index contributed by atoms with van der Waals surface area (Å²) in [5.41, 5.74) is 5.54. The van der Waals surface area contributed by atoms with Gasteiger partial charge in [0.05, 0.1) is 25.6 Å². The van der Waals surface area contributed by atoms with E-state index < -0.39 is 0 Å². The van der Waals surface area contributed by atoms with Gasteiger partial charge in [-0.15, -0.1) is 11.3 Å². The molecule has 0 radical (unpaired) electrons. The second-order valence-electron chi connectivity index (χ2n) is 5.18. The number of hydrogen-bond acceptors (Lipinski definition) is 7. The first kappa shape index (κ1) is 17.5. The topological polar surface area (TPSA) is 79.5 Å². The summed E-state index contributed by atoms with van der Waals surface area (Å²) in [6.07, 6.45) is 0. The molecule has 1 N–H and O–H groups in total. The molecule has 6 nitrogen and oxygen atoms in total. The first-order valence-corrected chi connectivity index (χ1v) is 8.59. The number of ether oxygens (including phenoxy) is 2. The normalized spacial score (nSPS) is 10.9. The standard InChI is InChI=1S/C19H16N4O2S/c1-24-15-8-6-14(7-9-15)22-23-17(11-20)19-21-18(12-26-19)13-4-3-5-16(10-13)25-2/h3-10,12,22H,1-2H3. The van der Waals surface area contributed by atoms with Crippen LogP contribution in [0, 0.1) is 11.3 Å². The molecule has 0 aliphatic rings. The number of hydrogen-bond donors (Lipinski definition) is 1. The Hall–Kier alpha value is -3.37. The van der Waals surface area contributed by atoms with Gasteiger partial charge in [-0.2, -0.15) is 10.4 Å². The summed E-state index contributed by atoms with van der Waals surface area (Å²) in [4.78, 5) is 4.52. The van der Waals surface area contributed by atoms with E-state index in [0.717, 1.165) is 28.4 Å². The maximum atomic E-state index is 9.41. The molecule has 0 amide bonds. The van der Waals surface area contributed by atoms with Crippen molar-refractivity contribution in [2.24, 2.45) is 5.10 Å². The van der Waals surface area contributed by atoms with E-state index in [1.54, 1.807) is 14.2 Å². The second kappa shape index (κ2) is 8.14. The summed E-state index contributed by atoms with van der Waals surface area (Å²) < 4.78 is 10.3. The third-order valence-electron chi connectivity index (χ3n) is 3.56. The van der Waals surface area contributed by atoms with Crippen LogP contribution < -0.4 is 14.9 Å². The van der Waals surface area contributed by atoms with Crippen molar-refractivity contribution in [2.75, 3.05) is 19.6 Å². The van der Waals surface area contributed by atoms with Crippen molar-refractivity contribution < 1.29 is 9.47 Å². The Morgan fingerprint density at radius 3 is 2.58 bits per heavy atom. The molecule has 130 valence electrons. The summed E-state index contributed by atoms with van der Waals surface area (Å²) in [5, 5.41) is 16.0. The second-order valence-corrected chi connectivity index (χ2v) is 6.04. The van der Waals surface area contributed by atoms with Crippen LogP contribution in [0.25, 0.3) is 11.3 Å². The molecule has 0 saturated carbocycles. The highest BCUT2D eigenvalue weighted by atomic mass is 32.1. The average molecular weight is 364 g/mol. The fourth-order valence-corrected chi connectivity index (χ4v) is 2.97. The summed E-state index contributed by atoms with van der Waals surface area (Å²) in [7, 11) is 3.23. The Labute approximate surface area is 155 Å². The minimum absolute atomic E-state index is 0.222. The zero-order valence-corrected chi connectivity index (χ0v) is 15.1. The number of aromatic nitrogens is 1. The number of benzene rings is 2. The number of methoxy groups -OCH3 is 2. The van der Waals surface area contributed by atoms with E-state index in [0.29, 0.717) is 5.01 Å². The van der Waals surface area contributed by atoms with E-state index in [-0.39, 0.29) is 5.71 Å². The van der Waals surface area contributed by atoms with Gasteiger partial charge in [-0.05, 0) is 36.4 Å². The highest BCUT2D eigenvalue weighted by molar-refractivity contribution is 7.12. The van der Waals surface area contributed by atoms with E-state index in [4.69, 9.17) is 9.47 Å². The van der Waals surface area contributed by atoms with Gasteiger partial charge in [0, 0.05) is 10.9 Å². The van der Waals surface area contributed by atoms with Gasteiger partial charge in [-0.25, -0.2) is 4.98 Å². The Morgan fingerprint density at radius 2 is 1.88 bits per heavy atom. The monoisotopic (exact) mass is 364 g/mol. The number of anilines is 1. The first-order valence-electron chi connectivity index (χ1n) is 7.71. The Morgan fingerprint density at radius 1 is 1.12 bits per heavy atom. The molecule has 0 aliphatic carbocycles. The van der Waals surface area contributed by atoms with Crippen molar-refractivity contribution in [3.63, 3.8) is 0 Å². The smallest absolute Gasteiger partial charge is 0.196 e. The fraction of sp³-hybridized carbons (Fsp3) is 0.105. The van der Waals surface area contributed by atoms with Crippen LogP contribution in [-0.2, 0) is 0 Å². The van der Waals surface area contributed by atoms with E-state index >= 15 is 0 Å². The molecule has 1 aromatic heterocycles. The Bertz CT molecular complexity index is 958. The zero-order valence-electron chi connectivity index (χ0n) is 14.3. The summed E-state index contributed by atoms with van der Waals surface area (Å²) in [5.74, 6) is 1.51. The maximum absolute atomic E-state index is 9.41. The van der Waals surface area contributed by atoms with Crippen molar-refractivity contribution in [3.05, 3.63) is 58.9 Å². The highest BCUT2D eigenvalue weighted by Crippen LogP contribution is 2.25. The van der Waals surface area contributed by atoms with Crippen molar-refractivity contribution in [3.8, 4) is 28.8 Å². The lowest BCUT2D eigenvalue weighted by molar-refractivity contribution is 0.415. The van der Waals surface area contributed by atoms with E-state index in [1.165, 1.54) is 11.3 Å². The molecular weight excluding hydrogens is 348 g/mol. The molecule has 7 heteroatoms. The molecule has 0 spiro atoms. The number of hydrazone groups is 1. The fourth-order valence-electron chi connectivity index (χ4n) is 2.20. The molecule has 0 aliphatic heterocycles. The number of nitriles is 1. The average Bonchev–Trinajstić information content (AvgIpc) is 3.19. The lowest BCUT2D eigenvalue weighted by atomic mass is 10.2. The van der Waals surface area contributed by atoms with Crippen molar-refractivity contribution >= 4 is 22.7 Å². The van der Waals surface area contributed by atoms with Crippen LogP contribution >= 0.6 is 11.3 Å². The molecular formula is C19H16N4O2S. The van der Waals surface area contributed by atoms with Gasteiger partial charge in [-0.3, -0.25) is 5.43 Å². The van der Waals surface area contributed by atoms with Crippen LogP contribution in [0.15, 0.2) is 59.0 Å². The van der Waals surface area contributed by atoms with Crippen LogP contribution in [0.1, 0.15) is 5.01 Å².